The Kier molecular flexibility index (Phi) is 2.36. The lowest BCUT2D eigenvalue weighted by Gasteiger charge is -2.01. The largest absolute Gasteiger partial charge is 0.423 e. The van der Waals surface area contributed by atoms with Crippen molar-refractivity contribution in [2.75, 3.05) is 0 Å². The van der Waals surface area contributed by atoms with Crippen LogP contribution in [-0.4, -0.2) is 15.0 Å². The number of aromatic nitrogens is 3. The minimum absolute atomic E-state index is 0.337. The van der Waals surface area contributed by atoms with E-state index in [0.29, 0.717) is 11.8 Å². The number of hydrogen-bond acceptors (Lipinski definition) is 4. The Balaban J connectivity index is 2.16. The summed E-state index contributed by atoms with van der Waals surface area (Å²) in [7, 11) is 0. The fourth-order valence-corrected chi connectivity index (χ4v) is 0.946. The number of rotatable bonds is 2. The molecule has 0 aliphatic heterocycles. The SMILES string of the molecule is Cc1cnc(Oc2cccnc2)nc1. The van der Waals surface area contributed by atoms with Gasteiger partial charge in [-0.1, -0.05) is 0 Å². The smallest absolute Gasteiger partial charge is 0.321 e. The van der Waals surface area contributed by atoms with Crippen molar-refractivity contribution in [3.05, 3.63) is 42.5 Å². The van der Waals surface area contributed by atoms with E-state index in [-0.39, 0.29) is 0 Å². The van der Waals surface area contributed by atoms with E-state index >= 15 is 0 Å². The van der Waals surface area contributed by atoms with Crippen molar-refractivity contribution < 1.29 is 4.74 Å². The van der Waals surface area contributed by atoms with Crippen LogP contribution in [-0.2, 0) is 0 Å². The molecule has 0 amide bonds. The zero-order valence-corrected chi connectivity index (χ0v) is 7.71. The molecule has 0 aromatic carbocycles. The van der Waals surface area contributed by atoms with E-state index in [1.807, 2.05) is 6.92 Å². The fourth-order valence-electron chi connectivity index (χ4n) is 0.946. The molecule has 2 aromatic heterocycles. The van der Waals surface area contributed by atoms with Crippen molar-refractivity contribution in [3.63, 3.8) is 0 Å². The molecule has 0 unspecified atom stereocenters. The molecule has 4 heteroatoms. The maximum absolute atomic E-state index is 5.35. The average molecular weight is 187 g/mol. The summed E-state index contributed by atoms with van der Waals surface area (Å²) in [6.07, 6.45) is 6.71. The second kappa shape index (κ2) is 3.83. The van der Waals surface area contributed by atoms with Gasteiger partial charge in [0.25, 0.3) is 0 Å². The molecule has 0 fully saturated rings. The Labute approximate surface area is 81.6 Å². The van der Waals surface area contributed by atoms with Gasteiger partial charge >= 0.3 is 6.01 Å². The highest BCUT2D eigenvalue weighted by atomic mass is 16.5. The Morgan fingerprint density at radius 1 is 1.14 bits per heavy atom. The van der Waals surface area contributed by atoms with E-state index < -0.39 is 0 Å². The first-order chi connectivity index (χ1) is 6.84. The molecule has 0 aliphatic carbocycles. The van der Waals surface area contributed by atoms with Crippen molar-refractivity contribution in [2.45, 2.75) is 6.92 Å². The fraction of sp³-hybridized carbons (Fsp3) is 0.100. The third-order valence-corrected chi connectivity index (χ3v) is 1.60. The molecule has 0 aliphatic rings. The predicted molar refractivity (Wildman–Crippen MR) is 51.1 cm³/mol. The lowest BCUT2D eigenvalue weighted by Crippen LogP contribution is -1.91. The Bertz CT molecular complexity index is 399. The highest BCUT2D eigenvalue weighted by Gasteiger charge is 1.98. The second-order valence-corrected chi connectivity index (χ2v) is 2.83. The lowest BCUT2D eigenvalue weighted by molar-refractivity contribution is 0.439. The molecule has 0 saturated carbocycles. The molecule has 4 nitrogen and oxygen atoms in total. The Morgan fingerprint density at radius 2 is 1.93 bits per heavy atom. The van der Waals surface area contributed by atoms with Crippen LogP contribution < -0.4 is 4.74 Å². The van der Waals surface area contributed by atoms with Crippen LogP contribution in [0.2, 0.25) is 0 Å². The van der Waals surface area contributed by atoms with E-state index in [1.165, 1.54) is 0 Å². The minimum Gasteiger partial charge on any atom is -0.423 e. The summed E-state index contributed by atoms with van der Waals surface area (Å²) in [5.41, 5.74) is 1.00. The number of hydrogen-bond donors (Lipinski definition) is 0. The van der Waals surface area contributed by atoms with Crippen molar-refractivity contribution in [2.24, 2.45) is 0 Å². The quantitative estimate of drug-likeness (QED) is 0.721. The first kappa shape index (κ1) is 8.62. The number of pyridine rings is 1. The van der Waals surface area contributed by atoms with Crippen molar-refractivity contribution >= 4 is 0 Å². The molecule has 0 N–H and O–H groups in total. The lowest BCUT2D eigenvalue weighted by atomic mass is 10.4. The maximum atomic E-state index is 5.35. The monoisotopic (exact) mass is 187 g/mol. The Morgan fingerprint density at radius 3 is 2.57 bits per heavy atom. The van der Waals surface area contributed by atoms with Gasteiger partial charge < -0.3 is 4.74 Å². The standard InChI is InChI=1S/C10H9N3O/c1-8-5-12-10(13-6-8)14-9-3-2-4-11-7-9/h2-7H,1H3. The highest BCUT2D eigenvalue weighted by Crippen LogP contribution is 2.14. The summed E-state index contributed by atoms with van der Waals surface area (Å²) in [4.78, 5) is 11.9. The topological polar surface area (TPSA) is 47.9 Å². The third-order valence-electron chi connectivity index (χ3n) is 1.60. The second-order valence-electron chi connectivity index (χ2n) is 2.83. The van der Waals surface area contributed by atoms with Gasteiger partial charge in [-0.05, 0) is 24.6 Å². The molecule has 14 heavy (non-hydrogen) atoms. The van der Waals surface area contributed by atoms with Crippen molar-refractivity contribution in [3.8, 4) is 11.8 Å². The maximum Gasteiger partial charge on any atom is 0.321 e. The van der Waals surface area contributed by atoms with Crippen LogP contribution in [0.15, 0.2) is 36.9 Å². The van der Waals surface area contributed by atoms with E-state index in [9.17, 15) is 0 Å². The molecular weight excluding hydrogens is 178 g/mol. The van der Waals surface area contributed by atoms with Gasteiger partial charge in [0.05, 0.1) is 6.20 Å². The van der Waals surface area contributed by atoms with Crippen LogP contribution in [0.5, 0.6) is 11.8 Å². The van der Waals surface area contributed by atoms with Crippen LogP contribution >= 0.6 is 0 Å². The van der Waals surface area contributed by atoms with Gasteiger partial charge in [0.1, 0.15) is 5.75 Å². The van der Waals surface area contributed by atoms with Crippen LogP contribution in [0, 0.1) is 6.92 Å². The highest BCUT2D eigenvalue weighted by molar-refractivity contribution is 5.19. The zero-order chi connectivity index (χ0) is 9.80. The van der Waals surface area contributed by atoms with Crippen LogP contribution in [0.4, 0.5) is 0 Å². The summed E-state index contributed by atoms with van der Waals surface area (Å²) in [5.74, 6) is 0.636. The Hall–Kier alpha value is -1.97. The normalized spacial score (nSPS) is 9.79. The van der Waals surface area contributed by atoms with Gasteiger partial charge in [0.15, 0.2) is 0 Å². The van der Waals surface area contributed by atoms with Crippen molar-refractivity contribution in [1.82, 2.24) is 15.0 Å². The van der Waals surface area contributed by atoms with Gasteiger partial charge in [0.2, 0.25) is 0 Å². The van der Waals surface area contributed by atoms with Crippen LogP contribution in [0.3, 0.4) is 0 Å². The number of nitrogens with zero attached hydrogens (tertiary/aromatic N) is 3. The van der Waals surface area contributed by atoms with E-state index in [4.69, 9.17) is 4.74 Å². The first-order valence-corrected chi connectivity index (χ1v) is 4.21. The third kappa shape index (κ3) is 2.04. The van der Waals surface area contributed by atoms with Gasteiger partial charge in [-0.15, -0.1) is 0 Å². The minimum atomic E-state index is 0.337. The van der Waals surface area contributed by atoms with Crippen LogP contribution in [0.25, 0.3) is 0 Å². The van der Waals surface area contributed by atoms with Gasteiger partial charge in [-0.25, -0.2) is 9.97 Å². The van der Waals surface area contributed by atoms with Gasteiger partial charge in [-0.2, -0.15) is 0 Å². The molecular formula is C10H9N3O. The molecule has 0 spiro atoms. The van der Waals surface area contributed by atoms with Crippen molar-refractivity contribution in [1.29, 1.82) is 0 Å². The molecule has 0 bridgehead atoms. The molecule has 70 valence electrons. The predicted octanol–water partition coefficient (Wildman–Crippen LogP) is 1.97. The van der Waals surface area contributed by atoms with E-state index in [2.05, 4.69) is 15.0 Å². The summed E-state index contributed by atoms with van der Waals surface area (Å²) in [6, 6.07) is 3.93. The molecule has 0 radical (unpaired) electrons. The molecule has 2 heterocycles. The summed E-state index contributed by atoms with van der Waals surface area (Å²) >= 11 is 0. The first-order valence-electron chi connectivity index (χ1n) is 4.21. The van der Waals surface area contributed by atoms with Gasteiger partial charge in [-0.3, -0.25) is 4.98 Å². The summed E-state index contributed by atoms with van der Waals surface area (Å²) in [5, 5.41) is 0. The number of ether oxygens (including phenoxy) is 1. The summed E-state index contributed by atoms with van der Waals surface area (Å²) in [6.45, 7) is 1.92. The molecule has 2 rings (SSSR count). The molecule has 0 saturated heterocycles. The van der Waals surface area contributed by atoms with Gasteiger partial charge in [0, 0.05) is 18.6 Å². The summed E-state index contributed by atoms with van der Waals surface area (Å²) < 4.78 is 5.35. The van der Waals surface area contributed by atoms with E-state index in [0.717, 1.165) is 5.56 Å². The number of aryl methyl sites for hydroxylation is 1. The van der Waals surface area contributed by atoms with E-state index in [1.54, 1.807) is 36.9 Å². The molecule has 0 atom stereocenters. The average Bonchev–Trinajstić information content (AvgIpc) is 2.23. The van der Waals surface area contributed by atoms with Crippen LogP contribution in [0.1, 0.15) is 5.56 Å². The zero-order valence-electron chi connectivity index (χ0n) is 7.71. The molecule has 2 aromatic rings.